The molecule has 0 aliphatic rings. The number of ether oxygens (including phenoxy) is 4. The van der Waals surface area contributed by atoms with Crippen molar-refractivity contribution in [2.75, 3.05) is 40.3 Å². The van der Waals surface area contributed by atoms with E-state index in [2.05, 4.69) is 15.8 Å². The van der Waals surface area contributed by atoms with E-state index in [4.69, 9.17) is 23.5 Å². The van der Waals surface area contributed by atoms with E-state index >= 15 is 0 Å². The molecule has 2 N–H and O–H groups in total. The number of amides is 3. The van der Waals surface area contributed by atoms with E-state index < -0.39 is 29.3 Å². The van der Waals surface area contributed by atoms with Crippen molar-refractivity contribution in [1.82, 2.24) is 15.4 Å². The van der Waals surface area contributed by atoms with Crippen LogP contribution in [0.2, 0.25) is 0 Å². The van der Waals surface area contributed by atoms with Crippen molar-refractivity contribution in [3.63, 3.8) is 0 Å². The summed E-state index contributed by atoms with van der Waals surface area (Å²) in [5.41, 5.74) is 0.693. The molecular formula is C32H42N4O8. The van der Waals surface area contributed by atoms with Crippen LogP contribution in [0.1, 0.15) is 56.5 Å². The minimum absolute atomic E-state index is 0.138. The molecule has 1 heterocycles. The first-order valence-corrected chi connectivity index (χ1v) is 14.2. The van der Waals surface area contributed by atoms with Crippen LogP contribution >= 0.6 is 0 Å². The van der Waals surface area contributed by atoms with Crippen LogP contribution in [0.3, 0.4) is 0 Å². The first kappa shape index (κ1) is 33.8. The molecule has 0 saturated carbocycles. The van der Waals surface area contributed by atoms with Gasteiger partial charge < -0.3 is 39.0 Å². The average molecular weight is 611 g/mol. The number of rotatable bonds is 14. The topological polar surface area (TPSA) is 141 Å². The van der Waals surface area contributed by atoms with Gasteiger partial charge in [0.25, 0.3) is 0 Å². The molecule has 0 radical (unpaired) electrons. The smallest absolute Gasteiger partial charge is 0.247 e. The number of carbonyl (C=O) groups excluding carboxylic acids is 3. The van der Waals surface area contributed by atoms with Crippen LogP contribution in [0, 0.1) is 6.92 Å². The monoisotopic (exact) mass is 610 g/mol. The molecule has 44 heavy (non-hydrogen) atoms. The molecule has 2 aromatic carbocycles. The number of nitrogens with zero attached hydrogens (tertiary/aromatic N) is 2. The summed E-state index contributed by atoms with van der Waals surface area (Å²) in [6.45, 7) is 7.42. The summed E-state index contributed by atoms with van der Waals surface area (Å²) in [6, 6.07) is 11.1. The van der Waals surface area contributed by atoms with Crippen molar-refractivity contribution in [3.05, 3.63) is 59.4 Å². The third-order valence-corrected chi connectivity index (χ3v) is 6.66. The highest BCUT2D eigenvalue weighted by Gasteiger charge is 2.36. The highest BCUT2D eigenvalue weighted by atomic mass is 16.5. The predicted octanol–water partition coefficient (Wildman–Crippen LogP) is 4.46. The quantitative estimate of drug-likeness (QED) is 0.271. The molecule has 0 saturated heterocycles. The van der Waals surface area contributed by atoms with Gasteiger partial charge in [0.15, 0.2) is 28.8 Å². The highest BCUT2D eigenvalue weighted by molar-refractivity contribution is 5.94. The number of hydrogen-bond donors (Lipinski definition) is 2. The molecule has 0 spiro atoms. The minimum atomic E-state index is -1.10. The van der Waals surface area contributed by atoms with E-state index in [1.807, 2.05) is 32.9 Å². The molecule has 0 aliphatic heterocycles. The second-order valence-electron chi connectivity index (χ2n) is 11.1. The number of nitrogens with one attached hydrogen (secondary N) is 2. The van der Waals surface area contributed by atoms with Crippen LogP contribution in [0.5, 0.6) is 23.0 Å². The molecular weight excluding hydrogens is 568 g/mol. The van der Waals surface area contributed by atoms with E-state index in [1.165, 1.54) is 19.1 Å². The molecule has 0 bridgehead atoms. The van der Waals surface area contributed by atoms with Gasteiger partial charge in [-0.1, -0.05) is 23.4 Å². The molecule has 1 aromatic heterocycles. The largest absolute Gasteiger partial charge is 0.493 e. The molecule has 3 aromatic rings. The third kappa shape index (κ3) is 8.88. The number of aromatic nitrogens is 1. The number of hydrogen-bond acceptors (Lipinski definition) is 9. The van der Waals surface area contributed by atoms with Gasteiger partial charge in [0.05, 0.1) is 28.4 Å². The van der Waals surface area contributed by atoms with Crippen molar-refractivity contribution >= 4 is 23.5 Å². The fourth-order valence-corrected chi connectivity index (χ4v) is 4.69. The van der Waals surface area contributed by atoms with Crippen LogP contribution in [-0.2, 0) is 20.8 Å². The predicted molar refractivity (Wildman–Crippen MR) is 164 cm³/mol. The average Bonchev–Trinajstić information content (AvgIpc) is 3.40. The zero-order chi connectivity index (χ0) is 32.4. The lowest BCUT2D eigenvalue weighted by molar-refractivity contribution is -0.142. The zero-order valence-corrected chi connectivity index (χ0v) is 26.6. The molecule has 3 rings (SSSR count). The maximum Gasteiger partial charge on any atom is 0.247 e. The number of carbonyl (C=O) groups is 3. The third-order valence-electron chi connectivity index (χ3n) is 6.66. The Morgan fingerprint density at radius 3 is 2.20 bits per heavy atom. The molecule has 0 fully saturated rings. The number of anilines is 1. The van der Waals surface area contributed by atoms with Gasteiger partial charge in [0, 0.05) is 36.6 Å². The van der Waals surface area contributed by atoms with Crippen LogP contribution in [0.25, 0.3) is 0 Å². The van der Waals surface area contributed by atoms with E-state index in [9.17, 15) is 14.4 Å². The highest BCUT2D eigenvalue weighted by Crippen LogP contribution is 2.38. The first-order valence-electron chi connectivity index (χ1n) is 14.2. The number of aryl methyl sites for hydroxylation is 1. The van der Waals surface area contributed by atoms with Crippen molar-refractivity contribution in [2.45, 2.75) is 58.5 Å². The van der Waals surface area contributed by atoms with Gasteiger partial charge in [-0.3, -0.25) is 14.4 Å². The maximum atomic E-state index is 14.0. The van der Waals surface area contributed by atoms with E-state index in [-0.39, 0.29) is 25.2 Å². The normalized spacial score (nSPS) is 11.7. The standard InChI is InChI=1S/C32H42N4O8/c1-20-18-26(35-44-20)33-27(37)14-15-28(38)36(17-16-21-12-13-23(40-5)25(19-21)42-7)29(31(39)34-32(2,3)4)22-10-9-11-24(41-6)30(22)43-8/h9-13,18-19,29H,14-17H2,1-8H3,(H,34,39)(H,33,35,37). The van der Waals surface area contributed by atoms with Gasteiger partial charge >= 0.3 is 0 Å². The minimum Gasteiger partial charge on any atom is -0.493 e. The van der Waals surface area contributed by atoms with E-state index in [0.29, 0.717) is 40.7 Å². The number of methoxy groups -OCH3 is 4. The summed E-state index contributed by atoms with van der Waals surface area (Å²) in [7, 11) is 6.08. The van der Waals surface area contributed by atoms with Crippen LogP contribution in [-0.4, -0.2) is 68.3 Å². The Morgan fingerprint density at radius 2 is 1.61 bits per heavy atom. The van der Waals surface area contributed by atoms with Crippen LogP contribution < -0.4 is 29.6 Å². The maximum absolute atomic E-state index is 14.0. The fraction of sp³-hybridized carbons (Fsp3) is 0.438. The van der Waals surface area contributed by atoms with Gasteiger partial charge in [-0.15, -0.1) is 0 Å². The first-order chi connectivity index (χ1) is 20.9. The Labute approximate surface area is 258 Å². The second-order valence-corrected chi connectivity index (χ2v) is 11.1. The zero-order valence-electron chi connectivity index (χ0n) is 26.6. The SMILES string of the molecule is COc1ccc(CCN(C(=O)CCC(=O)Nc2cc(C)on2)C(C(=O)NC(C)(C)C)c2cccc(OC)c2OC)cc1OC. The molecule has 12 heteroatoms. The summed E-state index contributed by atoms with van der Waals surface area (Å²) in [5.74, 6) is 1.41. The van der Waals surface area contributed by atoms with E-state index in [0.717, 1.165) is 5.56 Å². The van der Waals surface area contributed by atoms with Gasteiger partial charge in [0.1, 0.15) is 11.8 Å². The van der Waals surface area contributed by atoms with Crippen molar-refractivity contribution in [2.24, 2.45) is 0 Å². The van der Waals surface area contributed by atoms with E-state index in [1.54, 1.807) is 51.5 Å². The van der Waals surface area contributed by atoms with Crippen LogP contribution in [0.15, 0.2) is 47.0 Å². The number of benzene rings is 2. The second kappa shape index (κ2) is 15.1. The summed E-state index contributed by atoms with van der Waals surface area (Å²) in [5, 5.41) is 9.41. The summed E-state index contributed by atoms with van der Waals surface area (Å²) in [4.78, 5) is 42.2. The van der Waals surface area contributed by atoms with Gasteiger partial charge in [-0.25, -0.2) is 0 Å². The Balaban J connectivity index is 2.01. The lowest BCUT2D eigenvalue weighted by atomic mass is 9.98. The molecule has 12 nitrogen and oxygen atoms in total. The van der Waals surface area contributed by atoms with Gasteiger partial charge in [-0.05, 0) is 57.9 Å². The lowest BCUT2D eigenvalue weighted by Gasteiger charge is -2.34. The van der Waals surface area contributed by atoms with Crippen LogP contribution in [0.4, 0.5) is 5.82 Å². The Kier molecular flexibility index (Phi) is 11.6. The summed E-state index contributed by atoms with van der Waals surface area (Å²) >= 11 is 0. The Morgan fingerprint density at radius 1 is 0.909 bits per heavy atom. The van der Waals surface area contributed by atoms with Crippen molar-refractivity contribution < 1.29 is 37.9 Å². The lowest BCUT2D eigenvalue weighted by Crippen LogP contribution is -2.50. The Hall–Kier alpha value is -4.74. The van der Waals surface area contributed by atoms with Gasteiger partial charge in [0.2, 0.25) is 17.7 Å². The van der Waals surface area contributed by atoms with Crippen molar-refractivity contribution in [3.8, 4) is 23.0 Å². The fourth-order valence-electron chi connectivity index (χ4n) is 4.69. The van der Waals surface area contributed by atoms with Crippen molar-refractivity contribution in [1.29, 1.82) is 0 Å². The molecule has 238 valence electrons. The summed E-state index contributed by atoms with van der Waals surface area (Å²) < 4.78 is 27.0. The molecule has 1 unspecified atom stereocenters. The molecule has 0 aliphatic carbocycles. The van der Waals surface area contributed by atoms with Gasteiger partial charge in [-0.2, -0.15) is 0 Å². The number of para-hydroxylation sites is 1. The molecule has 1 atom stereocenters. The molecule has 3 amide bonds. The summed E-state index contributed by atoms with van der Waals surface area (Å²) in [6.07, 6.45) is 0.0721. The Bertz CT molecular complexity index is 1450.